The second kappa shape index (κ2) is 11.4. The van der Waals surface area contributed by atoms with Crippen molar-refractivity contribution in [2.45, 2.75) is 47.9 Å². The smallest absolute Gasteiger partial charge is 0.238 e. The maximum atomic E-state index is 13.0. The van der Waals surface area contributed by atoms with Crippen LogP contribution in [0.15, 0.2) is 58.6 Å². The number of nitrogens with one attached hydrogen (secondary N) is 1. The number of ether oxygens (including phenoxy) is 2. The third-order valence-corrected chi connectivity index (χ3v) is 8.08. The minimum atomic E-state index is -3.57. The number of carbonyl (C=O) groups excluding carboxylic acids is 1. The van der Waals surface area contributed by atoms with Crippen LogP contribution in [0.1, 0.15) is 26.1 Å². The Balaban J connectivity index is 1.77. The van der Waals surface area contributed by atoms with Gasteiger partial charge in [-0.25, -0.2) is 8.42 Å². The van der Waals surface area contributed by atoms with Crippen LogP contribution in [-0.4, -0.2) is 48.6 Å². The molecular formula is C23H28N4O5S2. The molecule has 182 valence electrons. The van der Waals surface area contributed by atoms with Crippen molar-refractivity contribution in [2.24, 2.45) is 0 Å². The van der Waals surface area contributed by atoms with E-state index in [0.29, 0.717) is 41.1 Å². The molecule has 0 saturated carbocycles. The van der Waals surface area contributed by atoms with Crippen LogP contribution in [0, 0.1) is 0 Å². The number of carbonyl (C=O) groups is 1. The summed E-state index contributed by atoms with van der Waals surface area (Å²) in [5.41, 5.74) is 0.527. The van der Waals surface area contributed by atoms with Gasteiger partial charge in [0.1, 0.15) is 23.1 Å². The van der Waals surface area contributed by atoms with Crippen LogP contribution >= 0.6 is 11.8 Å². The van der Waals surface area contributed by atoms with Gasteiger partial charge in [0.05, 0.1) is 30.1 Å². The largest absolute Gasteiger partial charge is 0.497 e. The van der Waals surface area contributed by atoms with Gasteiger partial charge in [0.2, 0.25) is 5.91 Å². The van der Waals surface area contributed by atoms with Gasteiger partial charge >= 0.3 is 0 Å². The summed E-state index contributed by atoms with van der Waals surface area (Å²) in [4.78, 5) is 13.2. The molecule has 0 fully saturated rings. The third kappa shape index (κ3) is 5.89. The van der Waals surface area contributed by atoms with Gasteiger partial charge in [-0.3, -0.25) is 4.79 Å². The highest BCUT2D eigenvalue weighted by atomic mass is 32.2. The van der Waals surface area contributed by atoms with Crippen LogP contribution in [-0.2, 0) is 26.9 Å². The van der Waals surface area contributed by atoms with E-state index in [1.54, 1.807) is 60.2 Å². The highest BCUT2D eigenvalue weighted by molar-refractivity contribution is 8.00. The van der Waals surface area contributed by atoms with Crippen LogP contribution in [0.5, 0.6) is 11.5 Å². The first kappa shape index (κ1) is 25.6. The van der Waals surface area contributed by atoms with Gasteiger partial charge in [-0.05, 0) is 37.6 Å². The Morgan fingerprint density at radius 2 is 1.82 bits per heavy atom. The van der Waals surface area contributed by atoms with Crippen molar-refractivity contribution >= 4 is 33.2 Å². The molecule has 2 aromatic carbocycles. The molecule has 1 aromatic heterocycles. The molecule has 0 aliphatic heterocycles. The van der Waals surface area contributed by atoms with Gasteiger partial charge in [-0.15, -0.1) is 10.2 Å². The number of methoxy groups -OCH3 is 2. The van der Waals surface area contributed by atoms with Gasteiger partial charge in [-0.2, -0.15) is 0 Å². The van der Waals surface area contributed by atoms with E-state index in [9.17, 15) is 13.2 Å². The zero-order chi connectivity index (χ0) is 24.7. The summed E-state index contributed by atoms with van der Waals surface area (Å²) in [7, 11) is -0.498. The van der Waals surface area contributed by atoms with Crippen LogP contribution in [0.3, 0.4) is 0 Å². The number of aromatic nitrogens is 3. The Morgan fingerprint density at radius 3 is 2.44 bits per heavy atom. The first-order valence-electron chi connectivity index (χ1n) is 10.7. The summed E-state index contributed by atoms with van der Waals surface area (Å²) in [6.45, 7) is 4.25. The van der Waals surface area contributed by atoms with Crippen molar-refractivity contribution in [1.82, 2.24) is 14.8 Å². The molecule has 3 rings (SSSR count). The zero-order valence-corrected chi connectivity index (χ0v) is 21.1. The molecule has 0 spiro atoms. The molecule has 34 heavy (non-hydrogen) atoms. The van der Waals surface area contributed by atoms with E-state index in [-0.39, 0.29) is 16.6 Å². The fraction of sp³-hybridized carbons (Fsp3) is 0.348. The van der Waals surface area contributed by atoms with Gasteiger partial charge in [0.15, 0.2) is 15.0 Å². The lowest BCUT2D eigenvalue weighted by Crippen LogP contribution is -2.25. The predicted octanol–water partition coefficient (Wildman–Crippen LogP) is 3.80. The Labute approximate surface area is 203 Å². The second-order valence-electron chi connectivity index (χ2n) is 7.29. The number of anilines is 1. The molecule has 0 aliphatic carbocycles. The van der Waals surface area contributed by atoms with E-state index in [4.69, 9.17) is 9.47 Å². The molecule has 1 heterocycles. The molecule has 1 N–H and O–H groups in total. The molecule has 9 nitrogen and oxygen atoms in total. The van der Waals surface area contributed by atoms with Crippen molar-refractivity contribution in [3.05, 3.63) is 54.4 Å². The van der Waals surface area contributed by atoms with Gasteiger partial charge in [0, 0.05) is 12.6 Å². The summed E-state index contributed by atoms with van der Waals surface area (Å²) >= 11 is 1.25. The molecule has 0 saturated heterocycles. The van der Waals surface area contributed by atoms with E-state index in [0.717, 1.165) is 0 Å². The van der Waals surface area contributed by atoms with Crippen molar-refractivity contribution in [2.75, 3.05) is 19.5 Å². The summed E-state index contributed by atoms with van der Waals surface area (Å²) in [6.07, 6.45) is 0.531. The van der Waals surface area contributed by atoms with Crippen LogP contribution in [0.4, 0.5) is 5.69 Å². The molecule has 0 bridgehead atoms. The first-order valence-corrected chi connectivity index (χ1v) is 13.3. The fourth-order valence-electron chi connectivity index (χ4n) is 3.28. The number of benzene rings is 2. The van der Waals surface area contributed by atoms with Crippen molar-refractivity contribution in [3.63, 3.8) is 0 Å². The molecule has 1 atom stereocenters. The van der Waals surface area contributed by atoms with E-state index < -0.39 is 15.1 Å². The fourth-order valence-corrected chi connectivity index (χ4v) is 5.60. The normalized spacial score (nSPS) is 12.2. The van der Waals surface area contributed by atoms with E-state index >= 15 is 0 Å². The highest BCUT2D eigenvalue weighted by Crippen LogP contribution is 2.31. The topological polar surface area (TPSA) is 112 Å². The Bertz CT molecular complexity index is 1230. The van der Waals surface area contributed by atoms with Crippen molar-refractivity contribution < 1.29 is 22.7 Å². The average molecular weight is 505 g/mol. The maximum absolute atomic E-state index is 13.0. The predicted molar refractivity (Wildman–Crippen MR) is 131 cm³/mol. The minimum absolute atomic E-state index is 0.222. The van der Waals surface area contributed by atoms with Crippen molar-refractivity contribution in [3.8, 4) is 11.5 Å². The van der Waals surface area contributed by atoms with Gasteiger partial charge < -0.3 is 19.4 Å². The van der Waals surface area contributed by atoms with E-state index in [1.165, 1.54) is 18.9 Å². The average Bonchev–Trinajstić information content (AvgIpc) is 3.23. The van der Waals surface area contributed by atoms with Crippen LogP contribution < -0.4 is 14.8 Å². The number of nitrogens with zero attached hydrogens (tertiary/aromatic N) is 3. The molecule has 1 unspecified atom stereocenters. The summed E-state index contributed by atoms with van der Waals surface area (Å²) in [5, 5.41) is 11.2. The Kier molecular flexibility index (Phi) is 8.56. The molecule has 0 aliphatic rings. The quantitative estimate of drug-likeness (QED) is 0.393. The number of rotatable bonds is 11. The molecule has 0 radical (unpaired) electrons. The summed E-state index contributed by atoms with van der Waals surface area (Å²) in [6, 6.07) is 13.4. The zero-order valence-electron chi connectivity index (χ0n) is 19.5. The lowest BCUT2D eigenvalue weighted by Gasteiger charge is -2.17. The van der Waals surface area contributed by atoms with E-state index in [2.05, 4.69) is 15.5 Å². The van der Waals surface area contributed by atoms with Crippen LogP contribution in [0.2, 0.25) is 0 Å². The number of sulfone groups is 1. The molecule has 1 amide bonds. The minimum Gasteiger partial charge on any atom is -0.497 e. The van der Waals surface area contributed by atoms with Gasteiger partial charge in [-0.1, -0.05) is 36.9 Å². The summed E-state index contributed by atoms with van der Waals surface area (Å²) in [5.74, 6) is 0.939. The third-order valence-electron chi connectivity index (χ3n) is 5.11. The number of hydrogen-bond acceptors (Lipinski definition) is 8. The number of thioether (sulfide) groups is 1. The Morgan fingerprint density at radius 1 is 1.09 bits per heavy atom. The Hall–Kier alpha value is -3.05. The van der Waals surface area contributed by atoms with Crippen molar-refractivity contribution in [1.29, 1.82) is 0 Å². The monoisotopic (exact) mass is 504 g/mol. The lowest BCUT2D eigenvalue weighted by molar-refractivity contribution is -0.115. The SMILES string of the molecule is CCC(Sc1nnc(CS(=O)(=O)c2ccccc2)n1CC)C(=O)Nc1ccc(OC)cc1OC. The first-order chi connectivity index (χ1) is 16.3. The molecular weight excluding hydrogens is 476 g/mol. The van der Waals surface area contributed by atoms with E-state index in [1.807, 2.05) is 13.8 Å². The molecule has 11 heteroatoms. The summed E-state index contributed by atoms with van der Waals surface area (Å²) < 4.78 is 37.9. The standard InChI is InChI=1S/C23H28N4O5S2/c1-5-20(22(28)24-18-13-12-16(31-3)14-19(18)32-4)33-23-26-25-21(27(23)6-2)15-34(29,30)17-10-8-7-9-11-17/h7-14,20H,5-6,15H2,1-4H3,(H,24,28). The molecule has 3 aromatic rings. The maximum Gasteiger partial charge on any atom is 0.238 e. The highest BCUT2D eigenvalue weighted by Gasteiger charge is 2.25. The van der Waals surface area contributed by atoms with Gasteiger partial charge in [0.25, 0.3) is 0 Å². The number of hydrogen-bond donors (Lipinski definition) is 1. The number of amides is 1. The lowest BCUT2D eigenvalue weighted by atomic mass is 10.2. The van der Waals surface area contributed by atoms with Crippen LogP contribution in [0.25, 0.3) is 0 Å². The second-order valence-corrected chi connectivity index (χ2v) is 10.4.